The Morgan fingerprint density at radius 2 is 1.95 bits per heavy atom. The summed E-state index contributed by atoms with van der Waals surface area (Å²) >= 11 is 0. The van der Waals surface area contributed by atoms with E-state index in [1.165, 1.54) is 11.3 Å². The first-order chi connectivity index (χ1) is 9.24. The van der Waals surface area contributed by atoms with E-state index in [9.17, 15) is 0 Å². The number of hydrogen-bond acceptors (Lipinski definition) is 4. The van der Waals surface area contributed by atoms with Gasteiger partial charge in [0, 0.05) is 31.9 Å². The molecule has 0 amide bonds. The lowest BCUT2D eigenvalue weighted by molar-refractivity contribution is 0.256. The average Bonchev–Trinajstić information content (AvgIpc) is 2.45. The first-order valence-corrected chi connectivity index (χ1v) is 7.06. The van der Waals surface area contributed by atoms with Gasteiger partial charge >= 0.3 is 0 Å². The van der Waals surface area contributed by atoms with Crippen molar-refractivity contribution in [3.63, 3.8) is 0 Å². The molecule has 1 aliphatic rings. The highest BCUT2D eigenvalue weighted by molar-refractivity contribution is 5.53. The standard InChI is InChI=1S/C15H25N3O/c1-13-12-14(4-5-15(13)19-2)18-10-8-17(9-11-18)7-3-6-16/h4-5,12H,3,6-11,16H2,1-2H3. The molecule has 0 radical (unpaired) electrons. The van der Waals surface area contributed by atoms with Crippen LogP contribution in [-0.2, 0) is 0 Å². The molecular formula is C15H25N3O. The van der Waals surface area contributed by atoms with Crippen LogP contribution >= 0.6 is 0 Å². The van der Waals surface area contributed by atoms with Crippen LogP contribution in [0.25, 0.3) is 0 Å². The van der Waals surface area contributed by atoms with Crippen molar-refractivity contribution in [1.82, 2.24) is 4.90 Å². The van der Waals surface area contributed by atoms with Gasteiger partial charge in [0.15, 0.2) is 0 Å². The number of rotatable bonds is 5. The maximum Gasteiger partial charge on any atom is 0.121 e. The molecule has 1 heterocycles. The van der Waals surface area contributed by atoms with Gasteiger partial charge in [-0.1, -0.05) is 0 Å². The number of hydrogen-bond donors (Lipinski definition) is 1. The Labute approximate surface area is 116 Å². The number of nitrogens with two attached hydrogens (primary N) is 1. The van der Waals surface area contributed by atoms with Crippen LogP contribution in [0, 0.1) is 6.92 Å². The largest absolute Gasteiger partial charge is 0.496 e. The lowest BCUT2D eigenvalue weighted by Crippen LogP contribution is -2.46. The van der Waals surface area contributed by atoms with E-state index < -0.39 is 0 Å². The molecule has 1 fully saturated rings. The first-order valence-electron chi connectivity index (χ1n) is 7.06. The van der Waals surface area contributed by atoms with Gasteiger partial charge in [0.05, 0.1) is 7.11 Å². The van der Waals surface area contributed by atoms with E-state index in [4.69, 9.17) is 10.5 Å². The normalized spacial score (nSPS) is 16.7. The fraction of sp³-hybridized carbons (Fsp3) is 0.600. The van der Waals surface area contributed by atoms with Gasteiger partial charge in [0.2, 0.25) is 0 Å². The van der Waals surface area contributed by atoms with E-state index in [1.54, 1.807) is 7.11 Å². The molecule has 2 N–H and O–H groups in total. The van der Waals surface area contributed by atoms with Gasteiger partial charge in [-0.3, -0.25) is 4.90 Å². The fourth-order valence-corrected chi connectivity index (χ4v) is 2.60. The van der Waals surface area contributed by atoms with Crippen LogP contribution in [0.4, 0.5) is 5.69 Å². The number of anilines is 1. The lowest BCUT2D eigenvalue weighted by Gasteiger charge is -2.36. The smallest absolute Gasteiger partial charge is 0.121 e. The maximum absolute atomic E-state index is 5.56. The predicted molar refractivity (Wildman–Crippen MR) is 80.1 cm³/mol. The topological polar surface area (TPSA) is 41.7 Å². The molecular weight excluding hydrogens is 238 g/mol. The summed E-state index contributed by atoms with van der Waals surface area (Å²) < 4.78 is 5.31. The Balaban J connectivity index is 1.92. The minimum atomic E-state index is 0.790. The third-order valence-corrected chi connectivity index (χ3v) is 3.79. The summed E-state index contributed by atoms with van der Waals surface area (Å²) in [5, 5.41) is 0. The van der Waals surface area contributed by atoms with Crippen molar-refractivity contribution >= 4 is 5.69 Å². The SMILES string of the molecule is COc1ccc(N2CCN(CCCN)CC2)cc1C. The molecule has 1 aliphatic heterocycles. The molecule has 0 bridgehead atoms. The van der Waals surface area contributed by atoms with Gasteiger partial charge in [-0.25, -0.2) is 0 Å². The zero-order chi connectivity index (χ0) is 13.7. The third kappa shape index (κ3) is 3.61. The molecule has 0 unspecified atom stereocenters. The fourth-order valence-electron chi connectivity index (χ4n) is 2.60. The number of nitrogens with zero attached hydrogens (tertiary/aromatic N) is 2. The van der Waals surface area contributed by atoms with Crippen molar-refractivity contribution in [1.29, 1.82) is 0 Å². The van der Waals surface area contributed by atoms with E-state index >= 15 is 0 Å². The van der Waals surface area contributed by atoms with E-state index in [-0.39, 0.29) is 0 Å². The van der Waals surface area contributed by atoms with Crippen LogP contribution < -0.4 is 15.4 Å². The second kappa shape index (κ2) is 6.78. The van der Waals surface area contributed by atoms with Crippen molar-refractivity contribution in [2.75, 3.05) is 51.3 Å². The summed E-state index contributed by atoms with van der Waals surface area (Å²) in [7, 11) is 1.72. The Hall–Kier alpha value is -1.26. The van der Waals surface area contributed by atoms with Gasteiger partial charge in [-0.15, -0.1) is 0 Å². The van der Waals surface area contributed by atoms with Crippen LogP contribution in [-0.4, -0.2) is 51.3 Å². The minimum absolute atomic E-state index is 0.790. The maximum atomic E-state index is 5.56. The zero-order valence-electron chi connectivity index (χ0n) is 12.1. The van der Waals surface area contributed by atoms with Crippen LogP contribution in [0.2, 0.25) is 0 Å². The van der Waals surface area contributed by atoms with E-state index in [1.807, 2.05) is 0 Å². The molecule has 1 aromatic rings. The van der Waals surface area contributed by atoms with E-state index in [2.05, 4.69) is 34.9 Å². The number of benzene rings is 1. The highest BCUT2D eigenvalue weighted by Gasteiger charge is 2.17. The van der Waals surface area contributed by atoms with Gasteiger partial charge in [-0.05, 0) is 50.2 Å². The Morgan fingerprint density at radius 3 is 2.53 bits per heavy atom. The number of piperazine rings is 1. The molecule has 4 heteroatoms. The van der Waals surface area contributed by atoms with Crippen LogP contribution in [0.1, 0.15) is 12.0 Å². The molecule has 2 rings (SSSR count). The zero-order valence-corrected chi connectivity index (χ0v) is 12.1. The number of ether oxygens (including phenoxy) is 1. The first kappa shape index (κ1) is 14.2. The highest BCUT2D eigenvalue weighted by atomic mass is 16.5. The molecule has 19 heavy (non-hydrogen) atoms. The molecule has 0 spiro atoms. The van der Waals surface area contributed by atoms with Crippen molar-refractivity contribution in [3.05, 3.63) is 23.8 Å². The monoisotopic (exact) mass is 263 g/mol. The van der Waals surface area contributed by atoms with Crippen molar-refractivity contribution < 1.29 is 4.74 Å². The van der Waals surface area contributed by atoms with Crippen LogP contribution in [0.5, 0.6) is 5.75 Å². The van der Waals surface area contributed by atoms with Crippen molar-refractivity contribution in [3.8, 4) is 5.75 Å². The molecule has 1 aromatic carbocycles. The highest BCUT2D eigenvalue weighted by Crippen LogP contribution is 2.24. The second-order valence-corrected chi connectivity index (χ2v) is 5.12. The van der Waals surface area contributed by atoms with Crippen LogP contribution in [0.15, 0.2) is 18.2 Å². The number of methoxy groups -OCH3 is 1. The molecule has 0 atom stereocenters. The third-order valence-electron chi connectivity index (χ3n) is 3.79. The Morgan fingerprint density at radius 1 is 1.21 bits per heavy atom. The molecule has 4 nitrogen and oxygen atoms in total. The van der Waals surface area contributed by atoms with Crippen molar-refractivity contribution in [2.24, 2.45) is 5.73 Å². The minimum Gasteiger partial charge on any atom is -0.496 e. The molecule has 0 aliphatic carbocycles. The Bertz CT molecular complexity index is 400. The van der Waals surface area contributed by atoms with Gasteiger partial charge < -0.3 is 15.4 Å². The summed E-state index contributed by atoms with van der Waals surface area (Å²) in [6.45, 7) is 8.46. The number of aryl methyl sites for hydroxylation is 1. The van der Waals surface area contributed by atoms with Crippen molar-refractivity contribution in [2.45, 2.75) is 13.3 Å². The van der Waals surface area contributed by atoms with Gasteiger partial charge in [0.1, 0.15) is 5.75 Å². The van der Waals surface area contributed by atoms with Gasteiger partial charge in [-0.2, -0.15) is 0 Å². The quantitative estimate of drug-likeness (QED) is 0.873. The molecule has 106 valence electrons. The average molecular weight is 263 g/mol. The lowest BCUT2D eigenvalue weighted by atomic mass is 10.1. The summed E-state index contributed by atoms with van der Waals surface area (Å²) in [4.78, 5) is 4.95. The second-order valence-electron chi connectivity index (χ2n) is 5.12. The summed E-state index contributed by atoms with van der Waals surface area (Å²) in [5.74, 6) is 0.963. The Kier molecular flexibility index (Phi) is 5.05. The summed E-state index contributed by atoms with van der Waals surface area (Å²) in [6.07, 6.45) is 1.10. The summed E-state index contributed by atoms with van der Waals surface area (Å²) in [5.41, 5.74) is 8.06. The van der Waals surface area contributed by atoms with Crippen LogP contribution in [0.3, 0.4) is 0 Å². The molecule has 0 saturated carbocycles. The van der Waals surface area contributed by atoms with E-state index in [0.717, 1.165) is 51.4 Å². The van der Waals surface area contributed by atoms with E-state index in [0.29, 0.717) is 0 Å². The predicted octanol–water partition coefficient (Wildman–Crippen LogP) is 1.47. The van der Waals surface area contributed by atoms with Gasteiger partial charge in [0.25, 0.3) is 0 Å². The molecule has 0 aromatic heterocycles. The molecule has 1 saturated heterocycles. The summed E-state index contributed by atoms with van der Waals surface area (Å²) in [6, 6.07) is 6.43.